The molecule has 0 spiro atoms. The topological polar surface area (TPSA) is 81.7 Å². The minimum Gasteiger partial charge on any atom is -0.293 e. The molecule has 0 N–H and O–H groups in total. The van der Waals surface area contributed by atoms with Crippen LogP contribution in [0.2, 0.25) is 0 Å². The van der Waals surface area contributed by atoms with Gasteiger partial charge in [0.15, 0.2) is 11.6 Å². The van der Waals surface area contributed by atoms with Gasteiger partial charge in [0.25, 0.3) is 0 Å². The minimum atomic E-state index is -0.654. The van der Waals surface area contributed by atoms with Gasteiger partial charge >= 0.3 is 0 Å². The van der Waals surface area contributed by atoms with Gasteiger partial charge in [-0.2, -0.15) is 10.5 Å². The Morgan fingerprint density at radius 1 is 1.00 bits per heavy atom. The summed E-state index contributed by atoms with van der Waals surface area (Å²) in [4.78, 5) is 24.9. The monoisotopic (exact) mass is 350 g/mol. The van der Waals surface area contributed by atoms with Crippen LogP contribution in [-0.4, -0.2) is 11.6 Å². The van der Waals surface area contributed by atoms with Crippen molar-refractivity contribution in [3.05, 3.63) is 34.9 Å². The molecule has 0 aromatic rings. The summed E-state index contributed by atoms with van der Waals surface area (Å²) in [5.41, 5.74) is -0.312. The number of rotatable bonds is 0. The number of carbonyl (C=O) groups is 2. The first-order valence-electron chi connectivity index (χ1n) is 9.18. The Balaban J connectivity index is 0.00000117. The predicted molar refractivity (Wildman–Crippen MR) is 99.6 cm³/mol. The highest BCUT2D eigenvalue weighted by Gasteiger charge is 2.58. The van der Waals surface area contributed by atoms with Crippen LogP contribution in [0.1, 0.15) is 54.4 Å². The predicted octanol–water partition coefficient (Wildman–Crippen LogP) is 4.45. The van der Waals surface area contributed by atoms with Crippen molar-refractivity contribution >= 4 is 11.6 Å². The summed E-state index contributed by atoms with van der Waals surface area (Å²) in [5.74, 6) is -0.376. The van der Waals surface area contributed by atoms with Crippen LogP contribution in [0.25, 0.3) is 0 Å². The van der Waals surface area contributed by atoms with Crippen molar-refractivity contribution in [2.75, 3.05) is 0 Å². The van der Waals surface area contributed by atoms with Gasteiger partial charge in [-0.25, -0.2) is 0 Å². The molecule has 0 aromatic carbocycles. The zero-order valence-electron chi connectivity index (χ0n) is 16.4. The highest BCUT2D eigenvalue weighted by molar-refractivity contribution is 6.09. The molecule has 0 radical (unpaired) electrons. The first-order chi connectivity index (χ1) is 12.1. The molecule has 3 aliphatic carbocycles. The Hall–Kier alpha value is -2.46. The Morgan fingerprint density at radius 2 is 1.58 bits per heavy atom. The molecule has 0 bridgehead atoms. The molecule has 1 saturated carbocycles. The average molecular weight is 350 g/mol. The molecular weight excluding hydrogens is 324 g/mol. The van der Waals surface area contributed by atoms with Gasteiger partial charge in [-0.15, -0.1) is 0 Å². The van der Waals surface area contributed by atoms with Gasteiger partial charge in [-0.05, 0) is 30.4 Å². The van der Waals surface area contributed by atoms with Crippen molar-refractivity contribution in [3.8, 4) is 12.1 Å². The van der Waals surface area contributed by atoms with Crippen molar-refractivity contribution in [3.63, 3.8) is 0 Å². The summed E-state index contributed by atoms with van der Waals surface area (Å²) in [7, 11) is 0. The Labute approximate surface area is 155 Å². The molecule has 3 rings (SSSR count). The molecule has 0 amide bonds. The van der Waals surface area contributed by atoms with Gasteiger partial charge in [0.05, 0.1) is 11.1 Å². The van der Waals surface area contributed by atoms with Crippen molar-refractivity contribution in [2.24, 2.45) is 22.2 Å². The number of nitriles is 2. The molecular formula is C22H26N2O2. The third-order valence-electron chi connectivity index (χ3n) is 6.26. The van der Waals surface area contributed by atoms with E-state index in [9.17, 15) is 20.1 Å². The van der Waals surface area contributed by atoms with Crippen molar-refractivity contribution < 1.29 is 9.59 Å². The second-order valence-electron chi connectivity index (χ2n) is 8.10. The maximum atomic E-state index is 12.6. The first-order valence-corrected chi connectivity index (χ1v) is 9.18. The molecule has 136 valence electrons. The number of fused-ring (bicyclic) bond motifs is 3. The molecule has 4 nitrogen and oxygen atoms in total. The van der Waals surface area contributed by atoms with Crippen molar-refractivity contribution in [2.45, 2.75) is 54.4 Å². The number of nitrogens with zero attached hydrogens (tertiary/aromatic N) is 2. The smallest absolute Gasteiger partial charge is 0.196 e. The van der Waals surface area contributed by atoms with Crippen molar-refractivity contribution in [1.29, 1.82) is 10.5 Å². The normalized spacial score (nSPS) is 34.5. The molecule has 3 aliphatic rings. The van der Waals surface area contributed by atoms with Crippen LogP contribution in [0.15, 0.2) is 34.9 Å². The molecule has 3 atom stereocenters. The molecule has 0 heterocycles. The van der Waals surface area contributed by atoms with Gasteiger partial charge in [-0.3, -0.25) is 9.59 Å². The fraction of sp³-hybridized carbons (Fsp3) is 0.545. The fourth-order valence-corrected chi connectivity index (χ4v) is 5.08. The van der Waals surface area contributed by atoms with Crippen molar-refractivity contribution in [1.82, 2.24) is 0 Å². The zero-order valence-corrected chi connectivity index (χ0v) is 16.4. The summed E-state index contributed by atoms with van der Waals surface area (Å²) < 4.78 is 0. The fourth-order valence-electron chi connectivity index (χ4n) is 5.08. The standard InChI is InChI=1S/C20H20N2O2.C2H6/c1-18(2)15-5-6-19(3)8-12(10-21)14(23)7-16(19)20(15,4)9-13(11-22)17(18)24;1-2/h7-9,15H,5-6H2,1-4H3;1-2H3/t15?,19-,20?;/m0./s1. The summed E-state index contributed by atoms with van der Waals surface area (Å²) in [6.45, 7) is 11.8. The molecule has 0 aliphatic heterocycles. The van der Waals surface area contributed by atoms with E-state index in [0.717, 1.165) is 18.4 Å². The van der Waals surface area contributed by atoms with Gasteiger partial charge in [0.2, 0.25) is 0 Å². The summed E-state index contributed by atoms with van der Waals surface area (Å²) in [6, 6.07) is 4.02. The van der Waals surface area contributed by atoms with Gasteiger partial charge in [0.1, 0.15) is 12.1 Å². The molecule has 26 heavy (non-hydrogen) atoms. The second-order valence-corrected chi connectivity index (χ2v) is 8.10. The highest BCUT2D eigenvalue weighted by atomic mass is 16.1. The summed E-state index contributed by atoms with van der Waals surface area (Å²) in [5, 5.41) is 18.6. The number of hydrogen-bond donors (Lipinski definition) is 0. The summed E-state index contributed by atoms with van der Waals surface area (Å²) in [6.07, 6.45) is 6.69. The van der Waals surface area contributed by atoms with Crippen LogP contribution in [0.3, 0.4) is 0 Å². The van der Waals surface area contributed by atoms with Crippen LogP contribution in [0.5, 0.6) is 0 Å². The van der Waals surface area contributed by atoms with E-state index in [0.29, 0.717) is 0 Å². The van der Waals surface area contributed by atoms with Gasteiger partial charge in [-0.1, -0.05) is 53.7 Å². The Kier molecular flexibility index (Phi) is 4.86. The molecule has 4 heteroatoms. The first kappa shape index (κ1) is 19.9. The molecule has 2 unspecified atom stereocenters. The minimum absolute atomic E-state index is 0.0266. The maximum Gasteiger partial charge on any atom is 0.196 e. The molecule has 0 saturated heterocycles. The lowest BCUT2D eigenvalue weighted by Crippen LogP contribution is -2.53. The largest absolute Gasteiger partial charge is 0.293 e. The Morgan fingerprint density at radius 3 is 2.12 bits per heavy atom. The lowest BCUT2D eigenvalue weighted by atomic mass is 9.45. The van der Waals surface area contributed by atoms with Gasteiger partial charge < -0.3 is 0 Å². The lowest BCUT2D eigenvalue weighted by molar-refractivity contribution is -0.130. The van der Waals surface area contributed by atoms with E-state index in [1.807, 2.05) is 53.7 Å². The SMILES string of the molecule is CC.CC1(C)C(=O)C(C#N)=CC2(C)C3=CC(=O)C(C#N)=C[C@]3(C)CCC12. The number of carbonyl (C=O) groups excluding carboxylic acids is 2. The second kappa shape index (κ2) is 6.36. The lowest BCUT2D eigenvalue weighted by Gasteiger charge is -2.57. The third-order valence-corrected chi connectivity index (χ3v) is 6.26. The van der Waals surface area contributed by atoms with E-state index >= 15 is 0 Å². The zero-order chi connectivity index (χ0) is 19.9. The highest BCUT2D eigenvalue weighted by Crippen LogP contribution is 2.63. The number of allylic oxidation sites excluding steroid dienone is 6. The third kappa shape index (κ3) is 2.56. The van der Waals surface area contributed by atoms with E-state index in [4.69, 9.17) is 0 Å². The van der Waals surface area contributed by atoms with E-state index in [-0.39, 0.29) is 28.6 Å². The molecule has 0 aromatic heterocycles. The van der Waals surface area contributed by atoms with E-state index in [2.05, 4.69) is 0 Å². The quantitative estimate of drug-likeness (QED) is 0.646. The number of Topliss-reactive ketones (excluding diaryl/α,β-unsaturated/α-hetero) is 1. The van der Waals surface area contributed by atoms with Crippen LogP contribution in [-0.2, 0) is 9.59 Å². The van der Waals surface area contributed by atoms with E-state index in [1.165, 1.54) is 0 Å². The average Bonchev–Trinajstić information content (AvgIpc) is 2.61. The van der Waals surface area contributed by atoms with E-state index < -0.39 is 16.2 Å². The van der Waals surface area contributed by atoms with E-state index in [1.54, 1.807) is 18.2 Å². The summed E-state index contributed by atoms with van der Waals surface area (Å²) >= 11 is 0. The van der Waals surface area contributed by atoms with Crippen LogP contribution >= 0.6 is 0 Å². The van der Waals surface area contributed by atoms with Crippen LogP contribution in [0.4, 0.5) is 0 Å². The van der Waals surface area contributed by atoms with Gasteiger partial charge in [0, 0.05) is 16.2 Å². The van der Waals surface area contributed by atoms with Crippen LogP contribution in [0, 0.1) is 44.8 Å². The van der Waals surface area contributed by atoms with Crippen LogP contribution < -0.4 is 0 Å². The number of ketones is 2. The number of hydrogen-bond acceptors (Lipinski definition) is 4. The molecule has 1 fully saturated rings. The maximum absolute atomic E-state index is 12.6. The Bertz CT molecular complexity index is 844.